The van der Waals surface area contributed by atoms with Crippen molar-refractivity contribution in [2.45, 2.75) is 212 Å². The van der Waals surface area contributed by atoms with Crippen molar-refractivity contribution in [3.05, 3.63) is 140 Å². The zero-order valence-corrected chi connectivity index (χ0v) is 61.5. The molecule has 8 amide bonds. The van der Waals surface area contributed by atoms with E-state index in [0.29, 0.717) is 0 Å². The number of carboxylic acid groups (broad SMARTS) is 4. The summed E-state index contributed by atoms with van der Waals surface area (Å²) in [6, 6.07) is 15.1. The summed E-state index contributed by atoms with van der Waals surface area (Å²) >= 11 is 0. The Labute approximate surface area is 577 Å². The van der Waals surface area contributed by atoms with Gasteiger partial charge >= 0.3 is 39.0 Å². The minimum atomic E-state index is -1.43. The van der Waals surface area contributed by atoms with Crippen molar-refractivity contribution in [3.63, 3.8) is 0 Å². The predicted molar refractivity (Wildman–Crippen MR) is 336 cm³/mol. The number of carbonyl (C=O) groups excluding carboxylic acids is 12. The van der Waals surface area contributed by atoms with Crippen LogP contribution in [0.25, 0.3) is 0 Å². The molecule has 0 saturated carbocycles. The van der Waals surface area contributed by atoms with Crippen molar-refractivity contribution in [1.29, 1.82) is 0 Å². The molecule has 4 aliphatic rings. The van der Waals surface area contributed by atoms with Gasteiger partial charge in [-0.3, -0.25) is 58.0 Å². The fourth-order valence-corrected chi connectivity index (χ4v) is 11.2. The van der Waals surface area contributed by atoms with Crippen LogP contribution >= 0.6 is 0 Å². The summed E-state index contributed by atoms with van der Waals surface area (Å²) in [4.78, 5) is 151. The second kappa shape index (κ2) is 27.7. The summed E-state index contributed by atoms with van der Waals surface area (Å²) in [5, 5.41) is 46.2. The second-order valence-electron chi connectivity index (χ2n) is 32.3. The molecular weight excluding hydrogens is 1380 g/mol. The van der Waals surface area contributed by atoms with Gasteiger partial charge in [0.25, 0.3) is 47.3 Å². The van der Waals surface area contributed by atoms with Crippen LogP contribution in [0.3, 0.4) is 0 Å². The van der Waals surface area contributed by atoms with Crippen LogP contribution in [0.4, 0.5) is 0 Å². The normalized spacial score (nSPS) is 16.2. The molecule has 0 bridgehead atoms. The molecule has 22 heteroatoms. The first kappa shape index (κ1) is 80.8. The van der Waals surface area contributed by atoms with E-state index < -0.39 is 117 Å². The van der Waals surface area contributed by atoms with Crippen molar-refractivity contribution >= 4 is 71.1 Å². The molecule has 8 rings (SSSR count). The van der Waals surface area contributed by atoms with Gasteiger partial charge in [-0.25, -0.2) is 0 Å². The molecule has 0 aliphatic carbocycles. The van der Waals surface area contributed by atoms with Gasteiger partial charge in [0.2, 0.25) is 0 Å². The first-order valence-electron chi connectivity index (χ1n) is 30.3. The van der Waals surface area contributed by atoms with Crippen molar-refractivity contribution in [3.8, 4) is 0 Å². The van der Waals surface area contributed by atoms with Crippen LogP contribution in [0.15, 0.2) is 72.8 Å². The van der Waals surface area contributed by atoms with Gasteiger partial charge in [0.15, 0.2) is 0 Å². The second-order valence-corrected chi connectivity index (χ2v) is 32.3. The van der Waals surface area contributed by atoms with E-state index in [-0.39, 0.29) is 105 Å². The molecule has 4 aromatic rings. The minimum absolute atomic E-state index is 0. The third-order valence-electron chi connectivity index (χ3n) is 16.3. The molecule has 4 aromatic carbocycles. The number of carboxylic acids is 4. The van der Waals surface area contributed by atoms with Crippen molar-refractivity contribution in [2.24, 2.45) is 21.7 Å². The number of rotatable bonds is 8. The summed E-state index contributed by atoms with van der Waals surface area (Å²) < 4.78 is 0. The first-order valence-corrected chi connectivity index (χ1v) is 30.3. The largest absolute Gasteiger partial charge is 2.00 e. The molecule has 0 fully saturated rings. The van der Waals surface area contributed by atoms with Gasteiger partial charge in [0.05, 0.1) is 92.6 Å². The Morgan fingerprint density at radius 1 is 0.255 bits per heavy atom. The maximum Gasteiger partial charge on any atom is 2.00 e. The van der Waals surface area contributed by atoms with E-state index in [9.17, 15) is 78.0 Å². The molecule has 0 saturated heterocycles. The molecule has 4 atom stereocenters. The van der Waals surface area contributed by atoms with E-state index in [2.05, 4.69) is 0 Å². The Morgan fingerprint density at radius 3 is 0.489 bits per heavy atom. The summed E-state index contributed by atoms with van der Waals surface area (Å²) in [6.07, 6.45) is 0. The summed E-state index contributed by atoms with van der Waals surface area (Å²) in [5.74, 6) is -10.3. The van der Waals surface area contributed by atoms with Crippen LogP contribution in [-0.2, 0) is 79.8 Å². The van der Waals surface area contributed by atoms with Crippen LogP contribution in [0.1, 0.15) is 271 Å². The van der Waals surface area contributed by atoms with Crippen LogP contribution in [0.2, 0.25) is 0 Å². The van der Waals surface area contributed by atoms with Crippen LogP contribution in [0, 0.1) is 21.7 Å². The molecule has 0 aromatic heterocycles. The molecule has 4 heterocycles. The van der Waals surface area contributed by atoms with Gasteiger partial charge in [-0.15, -0.1) is 0 Å². The topological polar surface area (TPSA) is 310 Å². The van der Waals surface area contributed by atoms with E-state index in [1.165, 1.54) is 0 Å². The van der Waals surface area contributed by atoms with Gasteiger partial charge < -0.3 is 39.6 Å². The first-order chi connectivity index (χ1) is 41.4. The smallest absolute Gasteiger partial charge is 0.548 e. The van der Waals surface area contributed by atoms with E-state index in [1.807, 2.05) is 83.1 Å². The number of hydrogen-bond acceptors (Lipinski definition) is 16. The van der Waals surface area contributed by atoms with Gasteiger partial charge in [0.1, 0.15) is 0 Å². The Bertz CT molecular complexity index is 3270. The molecule has 0 unspecified atom stereocenters. The Hall–Kier alpha value is -7.43. The third-order valence-corrected chi connectivity index (χ3v) is 16.3. The Kier molecular flexibility index (Phi) is 23.8. The molecule has 0 N–H and O–H groups in total. The van der Waals surface area contributed by atoms with Crippen LogP contribution in [-0.4, -0.2) is 115 Å². The molecule has 0 spiro atoms. The molecule has 2 radical (unpaired) electrons. The van der Waals surface area contributed by atoms with Crippen molar-refractivity contribution in [1.82, 2.24) is 19.6 Å². The maximum absolute atomic E-state index is 12.7. The summed E-state index contributed by atoms with van der Waals surface area (Å²) in [6.45, 7) is 44.1. The molecule has 4 aliphatic heterocycles. The molecule has 20 nitrogen and oxygen atoms in total. The Morgan fingerprint density at radius 2 is 0.383 bits per heavy atom. The number of amides is 8. The minimum Gasteiger partial charge on any atom is -0.548 e. The van der Waals surface area contributed by atoms with Crippen molar-refractivity contribution < 1.29 is 117 Å². The number of nitrogens with zero attached hydrogens (tertiary/aromatic N) is 4. The molecular formula is C72H88N4O16Rh2. The van der Waals surface area contributed by atoms with Gasteiger partial charge in [-0.2, -0.15) is 0 Å². The third kappa shape index (κ3) is 16.6. The SMILES string of the molecule is CC(C)(C)c1ccc2c(c1)C(=O)N([C@H](C(=O)[O-])C(C)(C)C)C2=O.CC(C)(C)c1ccc2c(c1)C(=O)N([C@H](C(=O)[O-])C(C)(C)C)C2=O.CC(C)(C)c1ccc2c(c1)C(=O)N([C@H](C(=O)[O-])C(C)(C)C)C2=O.CC(C)(C)c1ccc2c(c1)C(=O)N([C@H](C(=O)[O-])C(C)(C)C)C2=O.[Rh+2].[Rh+2]. The van der Waals surface area contributed by atoms with Gasteiger partial charge in [-0.1, -0.05) is 190 Å². The number of fused-ring (bicyclic) bond motifs is 4. The average Bonchev–Trinajstić information content (AvgIpc) is 1.63. The Balaban J connectivity index is 0.000000325. The van der Waals surface area contributed by atoms with E-state index >= 15 is 0 Å². The number of aliphatic carboxylic acids is 4. The standard InChI is InChI=1S/4C18H23NO4.2Rh/c4*1-17(2,3)10-7-8-11-12(9-10)15(21)19(14(11)20)13(16(22)23)18(4,5)6;;/h4*7-9,13H,1-6H3,(H,22,23);;/q;;;;2*+2/p-4/t4*13-;;/m1111../s1. The van der Waals surface area contributed by atoms with Gasteiger partial charge in [0, 0.05) is 0 Å². The predicted octanol–water partition coefficient (Wildman–Crippen LogP) is 6.97. The van der Waals surface area contributed by atoms with E-state index in [1.54, 1.807) is 156 Å². The van der Waals surface area contributed by atoms with Crippen LogP contribution in [0.5, 0.6) is 0 Å². The number of imide groups is 4. The maximum atomic E-state index is 12.7. The molecule has 510 valence electrons. The van der Waals surface area contributed by atoms with Gasteiger partial charge in [-0.05, 0) is 114 Å². The van der Waals surface area contributed by atoms with Crippen LogP contribution < -0.4 is 20.4 Å². The van der Waals surface area contributed by atoms with E-state index in [4.69, 9.17) is 0 Å². The molecule has 94 heavy (non-hydrogen) atoms. The fraction of sp³-hybridized carbons (Fsp3) is 0.500. The number of hydrogen-bond donors (Lipinski definition) is 0. The summed E-state index contributed by atoms with van der Waals surface area (Å²) in [5.41, 5.74) is 1.72. The van der Waals surface area contributed by atoms with E-state index in [0.717, 1.165) is 41.9 Å². The average molecular weight is 1470 g/mol. The zero-order valence-electron chi connectivity index (χ0n) is 58.2. The quantitative estimate of drug-likeness (QED) is 0.127. The summed E-state index contributed by atoms with van der Waals surface area (Å²) in [7, 11) is 0. The fourth-order valence-electron chi connectivity index (χ4n) is 11.2. The van der Waals surface area contributed by atoms with Crippen molar-refractivity contribution in [2.75, 3.05) is 0 Å². The number of carbonyl (C=O) groups is 12. The monoisotopic (exact) mass is 1470 g/mol. The zero-order chi connectivity index (χ0) is 71.0. The number of benzene rings is 4.